The molecule has 0 bridgehead atoms. The van der Waals surface area contributed by atoms with Gasteiger partial charge in [-0.25, -0.2) is 0 Å². The van der Waals surface area contributed by atoms with Gasteiger partial charge >= 0.3 is 0 Å². The summed E-state index contributed by atoms with van der Waals surface area (Å²) in [7, 11) is 0. The van der Waals surface area contributed by atoms with Crippen molar-refractivity contribution in [2.45, 2.75) is 18.7 Å². The summed E-state index contributed by atoms with van der Waals surface area (Å²) in [5.41, 5.74) is 1.15. The third-order valence-electron chi connectivity index (χ3n) is 2.58. The number of rotatable bonds is 6. The molecule has 92 valence electrons. The number of thioether (sulfide) groups is 1. The second-order valence-electron chi connectivity index (χ2n) is 3.87. The Bertz CT molecular complexity index is 364. The van der Waals surface area contributed by atoms with E-state index < -0.39 is 0 Å². The average Bonchev–Trinajstić information content (AvgIpc) is 2.37. The molecule has 1 atom stereocenters. The van der Waals surface area contributed by atoms with E-state index in [0.717, 1.165) is 5.56 Å². The van der Waals surface area contributed by atoms with E-state index in [1.165, 1.54) is 0 Å². The molecule has 0 aliphatic carbocycles. The van der Waals surface area contributed by atoms with Crippen LogP contribution in [0.3, 0.4) is 0 Å². The number of nitrogens with zero attached hydrogens (tertiary/aromatic N) is 1. The summed E-state index contributed by atoms with van der Waals surface area (Å²) < 4.78 is 0. The van der Waals surface area contributed by atoms with Crippen molar-refractivity contribution in [1.82, 2.24) is 4.90 Å². The van der Waals surface area contributed by atoms with Crippen LogP contribution in [0.5, 0.6) is 0 Å². The van der Waals surface area contributed by atoms with Crippen molar-refractivity contribution in [2.75, 3.05) is 12.8 Å². The number of carbonyl (C=O) groups excluding carboxylic acids is 1. The van der Waals surface area contributed by atoms with Gasteiger partial charge in [0.2, 0.25) is 5.91 Å². The topological polar surface area (TPSA) is 20.3 Å². The summed E-state index contributed by atoms with van der Waals surface area (Å²) in [6, 6.07) is 10.0. The second kappa shape index (κ2) is 7.17. The molecule has 0 spiro atoms. The van der Waals surface area contributed by atoms with Crippen molar-refractivity contribution in [1.29, 1.82) is 0 Å². The third kappa shape index (κ3) is 4.27. The Kier molecular flexibility index (Phi) is 5.84. The van der Waals surface area contributed by atoms with Crippen LogP contribution in [0.4, 0.5) is 0 Å². The predicted molar refractivity (Wildman–Crippen MR) is 75.0 cm³/mol. The highest BCUT2D eigenvalue weighted by Crippen LogP contribution is 2.12. The lowest BCUT2D eigenvalue weighted by molar-refractivity contribution is -0.130. The van der Waals surface area contributed by atoms with Crippen molar-refractivity contribution < 1.29 is 4.79 Å². The first-order chi connectivity index (χ1) is 8.19. The van der Waals surface area contributed by atoms with Gasteiger partial charge in [-0.15, -0.1) is 6.58 Å². The van der Waals surface area contributed by atoms with Crippen LogP contribution in [-0.4, -0.2) is 28.9 Å². The van der Waals surface area contributed by atoms with Crippen molar-refractivity contribution >= 4 is 17.7 Å². The molecule has 0 aliphatic heterocycles. The summed E-state index contributed by atoms with van der Waals surface area (Å²) in [4.78, 5) is 14.0. The van der Waals surface area contributed by atoms with E-state index in [-0.39, 0.29) is 11.2 Å². The lowest BCUT2D eigenvalue weighted by Crippen LogP contribution is -2.36. The second-order valence-corrected chi connectivity index (χ2v) is 5.05. The molecule has 17 heavy (non-hydrogen) atoms. The smallest absolute Gasteiger partial charge is 0.235 e. The van der Waals surface area contributed by atoms with Gasteiger partial charge in [-0.05, 0) is 18.7 Å². The molecule has 1 aromatic rings. The fourth-order valence-corrected chi connectivity index (χ4v) is 1.90. The minimum absolute atomic E-state index is 0.00124. The predicted octanol–water partition coefficient (Wildman–Crippen LogP) is 2.95. The van der Waals surface area contributed by atoms with E-state index >= 15 is 0 Å². The van der Waals surface area contributed by atoms with Gasteiger partial charge in [0.1, 0.15) is 0 Å². The summed E-state index contributed by atoms with van der Waals surface area (Å²) in [5.74, 6) is 0.168. The van der Waals surface area contributed by atoms with Crippen LogP contribution < -0.4 is 0 Å². The quantitative estimate of drug-likeness (QED) is 0.722. The van der Waals surface area contributed by atoms with Crippen LogP contribution in [-0.2, 0) is 11.3 Å². The molecule has 0 fully saturated rings. The van der Waals surface area contributed by atoms with E-state index in [9.17, 15) is 4.79 Å². The Labute approximate surface area is 108 Å². The molecule has 0 N–H and O–H groups in total. The van der Waals surface area contributed by atoms with E-state index in [0.29, 0.717) is 13.1 Å². The van der Waals surface area contributed by atoms with Crippen molar-refractivity contribution in [3.63, 3.8) is 0 Å². The lowest BCUT2D eigenvalue weighted by Gasteiger charge is -2.24. The van der Waals surface area contributed by atoms with Crippen LogP contribution in [0.1, 0.15) is 12.5 Å². The van der Waals surface area contributed by atoms with Crippen LogP contribution in [0, 0.1) is 0 Å². The van der Waals surface area contributed by atoms with Gasteiger partial charge in [0.05, 0.1) is 5.25 Å². The number of hydrogen-bond donors (Lipinski definition) is 0. The summed E-state index contributed by atoms with van der Waals surface area (Å²) >= 11 is 1.57. The molecule has 1 rings (SSSR count). The Morgan fingerprint density at radius 1 is 1.47 bits per heavy atom. The zero-order valence-corrected chi connectivity index (χ0v) is 11.2. The van der Waals surface area contributed by atoms with Gasteiger partial charge in [0, 0.05) is 13.1 Å². The van der Waals surface area contributed by atoms with Crippen molar-refractivity contribution in [3.8, 4) is 0 Å². The van der Waals surface area contributed by atoms with E-state index in [4.69, 9.17) is 0 Å². The van der Waals surface area contributed by atoms with Crippen LogP contribution in [0.15, 0.2) is 43.0 Å². The minimum Gasteiger partial charge on any atom is -0.334 e. The molecule has 2 nitrogen and oxygen atoms in total. The molecule has 1 amide bonds. The van der Waals surface area contributed by atoms with Gasteiger partial charge < -0.3 is 4.90 Å². The standard InChI is InChI=1S/C14H19NOS/c1-4-10-15(14(16)12(2)17-3)11-13-8-6-5-7-9-13/h4-9,12H,1,10-11H2,2-3H3. The first-order valence-corrected chi connectivity index (χ1v) is 6.94. The maximum Gasteiger partial charge on any atom is 0.235 e. The number of carbonyl (C=O) groups is 1. The Morgan fingerprint density at radius 3 is 2.65 bits per heavy atom. The first-order valence-electron chi connectivity index (χ1n) is 5.65. The normalized spacial score (nSPS) is 11.9. The maximum atomic E-state index is 12.1. The summed E-state index contributed by atoms with van der Waals surface area (Å²) in [6.07, 6.45) is 3.73. The monoisotopic (exact) mass is 249 g/mol. The maximum absolute atomic E-state index is 12.1. The van der Waals surface area contributed by atoms with Gasteiger partial charge in [0.15, 0.2) is 0 Å². The highest BCUT2D eigenvalue weighted by atomic mass is 32.2. The van der Waals surface area contributed by atoms with Gasteiger partial charge in [-0.2, -0.15) is 11.8 Å². The van der Waals surface area contributed by atoms with Gasteiger partial charge in [-0.1, -0.05) is 36.4 Å². The molecule has 1 unspecified atom stereocenters. The largest absolute Gasteiger partial charge is 0.334 e. The fraction of sp³-hybridized carbons (Fsp3) is 0.357. The molecule has 0 saturated heterocycles. The molecular formula is C14H19NOS. The zero-order chi connectivity index (χ0) is 12.7. The Balaban J connectivity index is 2.72. The molecule has 0 aliphatic rings. The van der Waals surface area contributed by atoms with Crippen molar-refractivity contribution in [2.24, 2.45) is 0 Å². The molecule has 0 radical (unpaired) electrons. The first kappa shape index (κ1) is 13.8. The van der Waals surface area contributed by atoms with Crippen LogP contribution >= 0.6 is 11.8 Å². The SMILES string of the molecule is C=CCN(Cc1ccccc1)C(=O)C(C)SC. The molecule has 0 saturated carbocycles. The molecule has 0 heterocycles. The number of benzene rings is 1. The lowest BCUT2D eigenvalue weighted by atomic mass is 10.2. The fourth-order valence-electron chi connectivity index (χ4n) is 1.55. The number of hydrogen-bond acceptors (Lipinski definition) is 2. The van der Waals surface area contributed by atoms with E-state index in [2.05, 4.69) is 6.58 Å². The Hall–Kier alpha value is -1.22. The molecule has 0 aromatic heterocycles. The summed E-state index contributed by atoms with van der Waals surface area (Å²) in [6.45, 7) is 6.89. The highest BCUT2D eigenvalue weighted by molar-refractivity contribution is 7.99. The molecule has 3 heteroatoms. The summed E-state index contributed by atoms with van der Waals surface area (Å²) in [5, 5.41) is -0.00124. The Morgan fingerprint density at radius 2 is 2.12 bits per heavy atom. The number of amides is 1. The molecular weight excluding hydrogens is 230 g/mol. The zero-order valence-electron chi connectivity index (χ0n) is 10.4. The van der Waals surface area contributed by atoms with Gasteiger partial charge in [-0.3, -0.25) is 4.79 Å². The van der Waals surface area contributed by atoms with E-state index in [1.807, 2.05) is 48.4 Å². The highest BCUT2D eigenvalue weighted by Gasteiger charge is 2.18. The van der Waals surface area contributed by atoms with Crippen LogP contribution in [0.2, 0.25) is 0 Å². The average molecular weight is 249 g/mol. The minimum atomic E-state index is -0.00124. The molecule has 1 aromatic carbocycles. The van der Waals surface area contributed by atoms with Crippen LogP contribution in [0.25, 0.3) is 0 Å². The van der Waals surface area contributed by atoms with Gasteiger partial charge in [0.25, 0.3) is 0 Å². The third-order valence-corrected chi connectivity index (χ3v) is 3.49. The van der Waals surface area contributed by atoms with E-state index in [1.54, 1.807) is 17.8 Å². The van der Waals surface area contributed by atoms with Crippen molar-refractivity contribution in [3.05, 3.63) is 48.6 Å².